The van der Waals surface area contributed by atoms with Gasteiger partial charge in [0.15, 0.2) is 6.61 Å². The number of hydrogen-bond acceptors (Lipinski definition) is 5. The van der Waals surface area contributed by atoms with Gasteiger partial charge in [0, 0.05) is 5.69 Å². The molecule has 1 N–H and O–H groups in total. The number of esters is 1. The van der Waals surface area contributed by atoms with Crippen LogP contribution < -0.4 is 10.1 Å². The van der Waals surface area contributed by atoms with E-state index < -0.39 is 11.9 Å². The number of ether oxygens (including phenoxy) is 2. The molecule has 2 aromatic rings. The van der Waals surface area contributed by atoms with Crippen molar-refractivity contribution < 1.29 is 19.1 Å². The number of benzene rings is 2. The van der Waals surface area contributed by atoms with Crippen LogP contribution in [0.5, 0.6) is 5.75 Å². The van der Waals surface area contributed by atoms with E-state index in [0.717, 1.165) is 0 Å². The standard InChI is InChI=1S/C18H15ClN2O4/c1-2-24-18(23)12-4-3-5-15(8-12)25-11-17(22)21-14-7-6-13(10-20)16(19)9-14/h3-9H,2,11H2,1H3,(H,21,22). The molecule has 1 amide bonds. The summed E-state index contributed by atoms with van der Waals surface area (Å²) in [6, 6.07) is 12.9. The lowest BCUT2D eigenvalue weighted by Gasteiger charge is -2.09. The SMILES string of the molecule is CCOC(=O)c1cccc(OCC(=O)Nc2ccc(C#N)c(Cl)c2)c1. The molecule has 6 nitrogen and oxygen atoms in total. The Kier molecular flexibility index (Phi) is 6.38. The predicted molar refractivity (Wildman–Crippen MR) is 92.7 cm³/mol. The molecule has 0 spiro atoms. The Labute approximate surface area is 149 Å². The average Bonchev–Trinajstić information content (AvgIpc) is 2.60. The highest BCUT2D eigenvalue weighted by atomic mass is 35.5. The van der Waals surface area contributed by atoms with Crippen LogP contribution in [0.1, 0.15) is 22.8 Å². The lowest BCUT2D eigenvalue weighted by Crippen LogP contribution is -2.20. The summed E-state index contributed by atoms with van der Waals surface area (Å²) in [4.78, 5) is 23.6. The molecule has 0 atom stereocenters. The van der Waals surface area contributed by atoms with E-state index in [9.17, 15) is 9.59 Å². The highest BCUT2D eigenvalue weighted by molar-refractivity contribution is 6.32. The first-order valence-electron chi connectivity index (χ1n) is 7.43. The number of hydrogen-bond donors (Lipinski definition) is 1. The summed E-state index contributed by atoms with van der Waals surface area (Å²) >= 11 is 5.91. The van der Waals surface area contributed by atoms with Gasteiger partial charge in [-0.1, -0.05) is 17.7 Å². The summed E-state index contributed by atoms with van der Waals surface area (Å²) in [6.07, 6.45) is 0. The first kappa shape index (κ1) is 18.3. The second kappa shape index (κ2) is 8.71. The molecular weight excluding hydrogens is 344 g/mol. The molecular formula is C18H15ClN2O4. The Morgan fingerprint density at radius 1 is 1.24 bits per heavy atom. The minimum atomic E-state index is -0.454. The van der Waals surface area contributed by atoms with Gasteiger partial charge in [-0.2, -0.15) is 5.26 Å². The third-order valence-electron chi connectivity index (χ3n) is 3.09. The van der Waals surface area contributed by atoms with Crippen LogP contribution in [0.2, 0.25) is 5.02 Å². The molecule has 128 valence electrons. The summed E-state index contributed by atoms with van der Waals surface area (Å²) in [5, 5.41) is 11.7. The Morgan fingerprint density at radius 2 is 2.04 bits per heavy atom. The largest absolute Gasteiger partial charge is 0.484 e. The van der Waals surface area contributed by atoms with Gasteiger partial charge in [-0.25, -0.2) is 4.79 Å². The van der Waals surface area contributed by atoms with Crippen LogP contribution in [0.4, 0.5) is 5.69 Å². The Morgan fingerprint density at radius 3 is 2.72 bits per heavy atom. The van der Waals surface area contributed by atoms with E-state index in [2.05, 4.69) is 5.32 Å². The van der Waals surface area contributed by atoms with Crippen LogP contribution in [0.3, 0.4) is 0 Å². The van der Waals surface area contributed by atoms with Crippen LogP contribution in [0.25, 0.3) is 0 Å². The quantitative estimate of drug-likeness (QED) is 0.799. The van der Waals surface area contributed by atoms with Crippen LogP contribution in [0, 0.1) is 11.3 Å². The van der Waals surface area contributed by atoms with E-state index in [1.54, 1.807) is 31.2 Å². The Hall–Kier alpha value is -3.04. The Balaban J connectivity index is 1.94. The molecule has 0 unspecified atom stereocenters. The number of anilines is 1. The van der Waals surface area contributed by atoms with E-state index in [4.69, 9.17) is 26.3 Å². The summed E-state index contributed by atoms with van der Waals surface area (Å²) < 4.78 is 10.3. The fraction of sp³-hybridized carbons (Fsp3) is 0.167. The molecule has 0 bridgehead atoms. The summed E-state index contributed by atoms with van der Waals surface area (Å²) in [6.45, 7) is 1.75. The number of nitriles is 1. The van der Waals surface area contributed by atoms with Gasteiger partial charge in [0.05, 0.1) is 22.8 Å². The van der Waals surface area contributed by atoms with Crippen molar-refractivity contribution in [2.45, 2.75) is 6.92 Å². The van der Waals surface area contributed by atoms with Gasteiger partial charge in [0.25, 0.3) is 5.91 Å². The van der Waals surface area contributed by atoms with Gasteiger partial charge in [-0.15, -0.1) is 0 Å². The summed E-state index contributed by atoms with van der Waals surface area (Å²) in [5.41, 5.74) is 1.13. The van der Waals surface area contributed by atoms with Gasteiger partial charge >= 0.3 is 5.97 Å². The third kappa shape index (κ3) is 5.23. The number of carbonyl (C=O) groups is 2. The van der Waals surface area contributed by atoms with Crippen LogP contribution in [-0.4, -0.2) is 25.1 Å². The molecule has 2 aromatic carbocycles. The lowest BCUT2D eigenvalue weighted by atomic mass is 10.2. The van der Waals surface area contributed by atoms with Gasteiger partial charge in [-0.3, -0.25) is 4.79 Å². The molecule has 25 heavy (non-hydrogen) atoms. The normalized spacial score (nSPS) is 9.80. The fourth-order valence-electron chi connectivity index (χ4n) is 1.96. The van der Waals surface area contributed by atoms with Crippen LogP contribution in [-0.2, 0) is 9.53 Å². The first-order chi connectivity index (χ1) is 12.0. The topological polar surface area (TPSA) is 88.4 Å². The number of nitrogens with one attached hydrogen (secondary N) is 1. The molecule has 0 aliphatic rings. The first-order valence-corrected chi connectivity index (χ1v) is 7.80. The lowest BCUT2D eigenvalue weighted by molar-refractivity contribution is -0.118. The van der Waals surface area contributed by atoms with Gasteiger partial charge in [-0.05, 0) is 43.3 Å². The number of carbonyl (C=O) groups excluding carboxylic acids is 2. The molecule has 0 fully saturated rings. The van der Waals surface area contributed by atoms with Crippen LogP contribution in [0.15, 0.2) is 42.5 Å². The highest BCUT2D eigenvalue weighted by Crippen LogP contribution is 2.20. The number of halogens is 1. The Bertz CT molecular complexity index is 830. The van der Waals surface area contributed by atoms with E-state index >= 15 is 0 Å². The fourth-order valence-corrected chi connectivity index (χ4v) is 2.18. The second-order valence-electron chi connectivity index (χ2n) is 4.89. The number of rotatable bonds is 6. The number of nitrogens with zero attached hydrogens (tertiary/aromatic N) is 1. The molecule has 0 aliphatic carbocycles. The minimum absolute atomic E-state index is 0.246. The van der Waals surface area contributed by atoms with Crippen molar-refractivity contribution in [3.63, 3.8) is 0 Å². The van der Waals surface area contributed by atoms with E-state index in [1.165, 1.54) is 18.2 Å². The molecule has 0 radical (unpaired) electrons. The van der Waals surface area contributed by atoms with Crippen molar-refractivity contribution in [3.8, 4) is 11.8 Å². The van der Waals surface area contributed by atoms with Crippen molar-refractivity contribution in [2.75, 3.05) is 18.5 Å². The van der Waals surface area contributed by atoms with Crippen LogP contribution >= 0.6 is 11.6 Å². The van der Waals surface area contributed by atoms with Crippen molar-refractivity contribution in [3.05, 3.63) is 58.6 Å². The van der Waals surface area contributed by atoms with E-state index in [1.807, 2.05) is 6.07 Å². The van der Waals surface area contributed by atoms with Gasteiger partial charge in [0.2, 0.25) is 0 Å². The average molecular weight is 359 g/mol. The maximum Gasteiger partial charge on any atom is 0.338 e. The molecule has 0 aliphatic heterocycles. The molecule has 0 aromatic heterocycles. The molecule has 0 saturated heterocycles. The van der Waals surface area contributed by atoms with Crippen molar-refractivity contribution in [1.29, 1.82) is 5.26 Å². The molecule has 7 heteroatoms. The summed E-state index contributed by atoms with van der Waals surface area (Å²) in [7, 11) is 0. The van der Waals surface area contributed by atoms with Crippen molar-refractivity contribution in [1.82, 2.24) is 0 Å². The van der Waals surface area contributed by atoms with Crippen molar-refractivity contribution in [2.24, 2.45) is 0 Å². The van der Waals surface area contributed by atoms with Gasteiger partial charge in [0.1, 0.15) is 11.8 Å². The zero-order chi connectivity index (χ0) is 18.2. The zero-order valence-corrected chi connectivity index (χ0v) is 14.2. The minimum Gasteiger partial charge on any atom is -0.484 e. The zero-order valence-electron chi connectivity index (χ0n) is 13.4. The van der Waals surface area contributed by atoms with Gasteiger partial charge < -0.3 is 14.8 Å². The molecule has 0 saturated carbocycles. The molecule has 0 heterocycles. The highest BCUT2D eigenvalue weighted by Gasteiger charge is 2.09. The second-order valence-corrected chi connectivity index (χ2v) is 5.30. The number of amides is 1. The summed E-state index contributed by atoms with van der Waals surface area (Å²) in [5.74, 6) is -0.481. The smallest absolute Gasteiger partial charge is 0.338 e. The third-order valence-corrected chi connectivity index (χ3v) is 3.40. The maximum absolute atomic E-state index is 11.9. The predicted octanol–water partition coefficient (Wildman–Crippen LogP) is 3.41. The maximum atomic E-state index is 11.9. The van der Waals surface area contributed by atoms with E-state index in [0.29, 0.717) is 22.6 Å². The van der Waals surface area contributed by atoms with Crippen molar-refractivity contribution >= 4 is 29.2 Å². The van der Waals surface area contributed by atoms with E-state index in [-0.39, 0.29) is 18.2 Å². The monoisotopic (exact) mass is 358 g/mol. The molecule has 2 rings (SSSR count).